The molecule has 0 amide bonds. The van der Waals surface area contributed by atoms with Crippen LogP contribution in [0.25, 0.3) is 0 Å². The molecule has 1 aromatic heterocycles. The zero-order chi connectivity index (χ0) is 18.1. The van der Waals surface area contributed by atoms with Gasteiger partial charge in [-0.05, 0) is 43.4 Å². The van der Waals surface area contributed by atoms with E-state index in [0.717, 1.165) is 23.4 Å². The van der Waals surface area contributed by atoms with Crippen LogP contribution in [0, 0.1) is 13.8 Å². The van der Waals surface area contributed by atoms with Gasteiger partial charge in [0.1, 0.15) is 0 Å². The lowest BCUT2D eigenvalue weighted by Gasteiger charge is -2.23. The van der Waals surface area contributed by atoms with Crippen molar-refractivity contribution in [2.45, 2.75) is 32.6 Å². The third kappa shape index (κ3) is 3.23. The van der Waals surface area contributed by atoms with Gasteiger partial charge in [0.05, 0.1) is 11.3 Å². The fourth-order valence-electron chi connectivity index (χ4n) is 3.54. The lowest BCUT2D eigenvalue weighted by atomic mass is 9.82. The number of carbonyl (C=O) groups excluding carboxylic acids is 1. The fraction of sp³-hybridized carbons (Fsp3) is 0.227. The SMILES string of the molecule is Cc1ccc(Nc2ncc3c(n2)CC(c2ccccc2)CC3=O)c(C)c1. The molecule has 0 spiro atoms. The largest absolute Gasteiger partial charge is 0.324 e. The minimum atomic E-state index is 0.123. The van der Waals surface area contributed by atoms with Crippen LogP contribution in [0.5, 0.6) is 0 Å². The van der Waals surface area contributed by atoms with Crippen molar-refractivity contribution >= 4 is 17.4 Å². The number of nitrogens with zero attached hydrogens (tertiary/aromatic N) is 2. The van der Waals surface area contributed by atoms with Gasteiger partial charge in [0, 0.05) is 18.3 Å². The average molecular weight is 343 g/mol. The Morgan fingerprint density at radius 3 is 2.62 bits per heavy atom. The smallest absolute Gasteiger partial charge is 0.227 e. The predicted octanol–water partition coefficient (Wildman–Crippen LogP) is 4.75. The Kier molecular flexibility index (Phi) is 4.25. The van der Waals surface area contributed by atoms with Gasteiger partial charge in [-0.1, -0.05) is 48.0 Å². The summed E-state index contributed by atoms with van der Waals surface area (Å²) in [7, 11) is 0. The van der Waals surface area contributed by atoms with Crippen molar-refractivity contribution in [2.75, 3.05) is 5.32 Å². The summed E-state index contributed by atoms with van der Waals surface area (Å²) < 4.78 is 0. The van der Waals surface area contributed by atoms with E-state index < -0.39 is 0 Å². The fourth-order valence-corrected chi connectivity index (χ4v) is 3.54. The zero-order valence-corrected chi connectivity index (χ0v) is 15.0. The highest BCUT2D eigenvalue weighted by atomic mass is 16.1. The van der Waals surface area contributed by atoms with E-state index in [1.807, 2.05) is 24.3 Å². The van der Waals surface area contributed by atoms with Crippen LogP contribution >= 0.6 is 0 Å². The van der Waals surface area contributed by atoms with Gasteiger partial charge < -0.3 is 5.32 Å². The van der Waals surface area contributed by atoms with Crippen molar-refractivity contribution in [1.82, 2.24) is 9.97 Å². The number of hydrogen-bond acceptors (Lipinski definition) is 4. The highest BCUT2D eigenvalue weighted by molar-refractivity contribution is 5.98. The first-order valence-electron chi connectivity index (χ1n) is 8.88. The summed E-state index contributed by atoms with van der Waals surface area (Å²) in [5, 5.41) is 3.29. The van der Waals surface area contributed by atoms with Gasteiger partial charge in [0.15, 0.2) is 5.78 Å². The van der Waals surface area contributed by atoms with E-state index in [1.54, 1.807) is 6.20 Å². The molecule has 1 atom stereocenters. The molecule has 4 rings (SSSR count). The quantitative estimate of drug-likeness (QED) is 0.745. The van der Waals surface area contributed by atoms with E-state index in [9.17, 15) is 4.79 Å². The number of ketones is 1. The zero-order valence-electron chi connectivity index (χ0n) is 15.0. The Morgan fingerprint density at radius 1 is 1.04 bits per heavy atom. The number of fused-ring (bicyclic) bond motifs is 1. The van der Waals surface area contributed by atoms with Crippen LogP contribution < -0.4 is 5.32 Å². The summed E-state index contributed by atoms with van der Waals surface area (Å²) >= 11 is 0. The van der Waals surface area contributed by atoms with E-state index in [4.69, 9.17) is 0 Å². The number of aromatic nitrogens is 2. The summed E-state index contributed by atoms with van der Waals surface area (Å²) in [5.74, 6) is 0.843. The van der Waals surface area contributed by atoms with Crippen LogP contribution in [-0.4, -0.2) is 15.8 Å². The molecule has 1 aliphatic rings. The van der Waals surface area contributed by atoms with Crippen molar-refractivity contribution < 1.29 is 4.79 Å². The molecule has 1 heterocycles. The summed E-state index contributed by atoms with van der Waals surface area (Å²) in [5.41, 5.74) is 6.02. The Balaban J connectivity index is 1.63. The number of carbonyl (C=O) groups is 1. The van der Waals surface area contributed by atoms with Gasteiger partial charge in [-0.2, -0.15) is 0 Å². The lowest BCUT2D eigenvalue weighted by Crippen LogP contribution is -2.21. The van der Waals surface area contributed by atoms with Crippen LogP contribution in [0.1, 0.15) is 45.1 Å². The van der Waals surface area contributed by atoms with Crippen molar-refractivity contribution in [2.24, 2.45) is 0 Å². The standard InChI is InChI=1S/C22H21N3O/c1-14-8-9-19(15(2)10-14)24-22-23-13-18-20(25-22)11-17(12-21(18)26)16-6-4-3-5-7-16/h3-10,13,17H,11-12H2,1-2H3,(H,23,24,25). The van der Waals surface area contributed by atoms with Crippen LogP contribution in [0.4, 0.5) is 11.6 Å². The van der Waals surface area contributed by atoms with E-state index in [1.165, 1.54) is 11.1 Å². The van der Waals surface area contributed by atoms with Crippen LogP contribution in [0.15, 0.2) is 54.7 Å². The van der Waals surface area contributed by atoms with E-state index in [0.29, 0.717) is 17.9 Å². The first-order chi connectivity index (χ1) is 12.6. The topological polar surface area (TPSA) is 54.9 Å². The molecule has 0 saturated heterocycles. The lowest BCUT2D eigenvalue weighted by molar-refractivity contribution is 0.0962. The van der Waals surface area contributed by atoms with E-state index >= 15 is 0 Å². The van der Waals surface area contributed by atoms with Crippen LogP contribution in [0.2, 0.25) is 0 Å². The Labute approximate surface area is 153 Å². The molecule has 4 heteroatoms. The van der Waals surface area contributed by atoms with Gasteiger partial charge >= 0.3 is 0 Å². The molecule has 26 heavy (non-hydrogen) atoms. The summed E-state index contributed by atoms with van der Waals surface area (Å²) in [6, 6.07) is 16.4. The Morgan fingerprint density at radius 2 is 1.85 bits per heavy atom. The van der Waals surface area contributed by atoms with E-state index in [-0.39, 0.29) is 11.7 Å². The minimum Gasteiger partial charge on any atom is -0.324 e. The summed E-state index contributed by atoms with van der Waals surface area (Å²) in [6.45, 7) is 4.13. The number of benzene rings is 2. The van der Waals surface area contributed by atoms with Crippen molar-refractivity contribution in [3.63, 3.8) is 0 Å². The van der Waals surface area contributed by atoms with E-state index in [2.05, 4.69) is 53.4 Å². The molecule has 1 unspecified atom stereocenters. The second-order valence-corrected chi connectivity index (χ2v) is 6.94. The molecule has 130 valence electrons. The van der Waals surface area contributed by atoms with Crippen molar-refractivity contribution in [3.8, 4) is 0 Å². The molecule has 2 aromatic carbocycles. The molecule has 0 aliphatic heterocycles. The third-order valence-corrected chi connectivity index (χ3v) is 4.94. The predicted molar refractivity (Wildman–Crippen MR) is 103 cm³/mol. The van der Waals surface area contributed by atoms with Gasteiger partial charge in [-0.15, -0.1) is 0 Å². The highest BCUT2D eigenvalue weighted by Crippen LogP contribution is 2.32. The molecule has 0 saturated carbocycles. The summed E-state index contributed by atoms with van der Waals surface area (Å²) in [4.78, 5) is 21.5. The van der Waals surface area contributed by atoms with Gasteiger partial charge in [-0.3, -0.25) is 4.79 Å². The second-order valence-electron chi connectivity index (χ2n) is 6.94. The first kappa shape index (κ1) is 16.5. The average Bonchev–Trinajstić information content (AvgIpc) is 2.64. The molecule has 1 aliphatic carbocycles. The number of nitrogens with one attached hydrogen (secondary N) is 1. The number of hydrogen-bond donors (Lipinski definition) is 1. The Hall–Kier alpha value is -3.01. The van der Waals surface area contributed by atoms with Crippen LogP contribution in [-0.2, 0) is 6.42 Å². The maximum Gasteiger partial charge on any atom is 0.227 e. The monoisotopic (exact) mass is 343 g/mol. The second kappa shape index (κ2) is 6.71. The molecule has 0 bridgehead atoms. The van der Waals surface area contributed by atoms with Crippen molar-refractivity contribution in [3.05, 3.63) is 82.7 Å². The molecule has 4 nitrogen and oxygen atoms in total. The van der Waals surface area contributed by atoms with Gasteiger partial charge in [0.2, 0.25) is 5.95 Å². The van der Waals surface area contributed by atoms with Gasteiger partial charge in [0.25, 0.3) is 0 Å². The number of anilines is 2. The summed E-state index contributed by atoms with van der Waals surface area (Å²) in [6.07, 6.45) is 2.94. The molecule has 0 radical (unpaired) electrons. The highest BCUT2D eigenvalue weighted by Gasteiger charge is 2.28. The molecular weight excluding hydrogens is 322 g/mol. The number of rotatable bonds is 3. The maximum atomic E-state index is 12.5. The minimum absolute atomic E-state index is 0.123. The van der Waals surface area contributed by atoms with Gasteiger partial charge in [-0.25, -0.2) is 9.97 Å². The normalized spacial score (nSPS) is 16.2. The van der Waals surface area contributed by atoms with Crippen molar-refractivity contribution in [1.29, 1.82) is 0 Å². The molecular formula is C22H21N3O. The number of aryl methyl sites for hydroxylation is 2. The molecule has 1 N–H and O–H groups in total. The number of Topliss-reactive ketones (excluding diaryl/α,β-unsaturated/α-hetero) is 1. The molecule has 0 fully saturated rings. The molecule has 3 aromatic rings. The maximum absolute atomic E-state index is 12.5. The Bertz CT molecular complexity index is 966. The third-order valence-electron chi connectivity index (χ3n) is 4.94. The first-order valence-corrected chi connectivity index (χ1v) is 8.88. The van der Waals surface area contributed by atoms with Crippen LogP contribution in [0.3, 0.4) is 0 Å².